The number of para-hydroxylation sites is 1. The van der Waals surface area contributed by atoms with Crippen molar-refractivity contribution >= 4 is 40.9 Å². The van der Waals surface area contributed by atoms with Crippen molar-refractivity contribution in [2.75, 3.05) is 16.4 Å². The van der Waals surface area contributed by atoms with Crippen LogP contribution in [0.3, 0.4) is 0 Å². The SMILES string of the molecule is Cc1ccc(SCC(=O)Nc2ccc(C(=O)Nc3ccccc3C(=O)O)cc2)cc1. The fourth-order valence-electron chi connectivity index (χ4n) is 2.66. The van der Waals surface area contributed by atoms with Crippen molar-refractivity contribution in [1.82, 2.24) is 0 Å². The molecule has 0 aliphatic carbocycles. The first kappa shape index (κ1) is 21.1. The van der Waals surface area contributed by atoms with Gasteiger partial charge in [0.2, 0.25) is 5.91 Å². The van der Waals surface area contributed by atoms with Crippen molar-refractivity contribution in [1.29, 1.82) is 0 Å². The summed E-state index contributed by atoms with van der Waals surface area (Å²) in [7, 11) is 0. The molecule has 0 fully saturated rings. The lowest BCUT2D eigenvalue weighted by Gasteiger charge is -2.09. The van der Waals surface area contributed by atoms with Crippen LogP contribution in [0.1, 0.15) is 26.3 Å². The van der Waals surface area contributed by atoms with E-state index in [1.807, 2.05) is 31.2 Å². The van der Waals surface area contributed by atoms with Crippen molar-refractivity contribution in [3.05, 3.63) is 89.5 Å². The number of hydrogen-bond donors (Lipinski definition) is 3. The van der Waals surface area contributed by atoms with Gasteiger partial charge in [0, 0.05) is 16.1 Å². The van der Waals surface area contributed by atoms with E-state index in [1.54, 1.807) is 36.4 Å². The quantitative estimate of drug-likeness (QED) is 0.483. The van der Waals surface area contributed by atoms with Crippen molar-refractivity contribution in [3.63, 3.8) is 0 Å². The zero-order valence-corrected chi connectivity index (χ0v) is 17.0. The summed E-state index contributed by atoms with van der Waals surface area (Å²) in [6, 6.07) is 20.5. The van der Waals surface area contributed by atoms with E-state index in [0.717, 1.165) is 4.90 Å². The molecule has 152 valence electrons. The molecular formula is C23H20N2O4S. The minimum Gasteiger partial charge on any atom is -0.478 e. The highest BCUT2D eigenvalue weighted by molar-refractivity contribution is 8.00. The number of carbonyl (C=O) groups excluding carboxylic acids is 2. The first-order valence-electron chi connectivity index (χ1n) is 9.15. The molecule has 0 aliphatic rings. The standard InChI is InChI=1S/C23H20N2O4S/c1-15-6-12-18(13-7-15)30-14-21(26)24-17-10-8-16(9-11-17)22(27)25-20-5-3-2-4-19(20)23(28)29/h2-13H,14H2,1H3,(H,24,26)(H,25,27)(H,28,29). The second-order valence-electron chi connectivity index (χ2n) is 6.53. The van der Waals surface area contributed by atoms with E-state index in [9.17, 15) is 19.5 Å². The number of carboxylic acid groups (broad SMARTS) is 1. The predicted molar refractivity (Wildman–Crippen MR) is 118 cm³/mol. The third-order valence-corrected chi connectivity index (χ3v) is 5.24. The van der Waals surface area contributed by atoms with E-state index in [4.69, 9.17) is 0 Å². The number of benzene rings is 3. The summed E-state index contributed by atoms with van der Waals surface area (Å²) in [6.07, 6.45) is 0. The van der Waals surface area contributed by atoms with Crippen LogP contribution in [0.25, 0.3) is 0 Å². The van der Waals surface area contributed by atoms with Crippen molar-refractivity contribution in [3.8, 4) is 0 Å². The van der Waals surface area contributed by atoms with Gasteiger partial charge in [0.1, 0.15) is 0 Å². The van der Waals surface area contributed by atoms with Crippen LogP contribution in [0.5, 0.6) is 0 Å². The lowest BCUT2D eigenvalue weighted by molar-refractivity contribution is -0.113. The molecule has 3 N–H and O–H groups in total. The molecule has 3 aromatic carbocycles. The van der Waals surface area contributed by atoms with Gasteiger partial charge < -0.3 is 15.7 Å². The summed E-state index contributed by atoms with van der Waals surface area (Å²) in [4.78, 5) is 36.8. The minimum atomic E-state index is -1.12. The molecule has 0 aliphatic heterocycles. The average molecular weight is 420 g/mol. The van der Waals surface area contributed by atoms with Gasteiger partial charge in [-0.2, -0.15) is 0 Å². The third kappa shape index (κ3) is 5.71. The number of rotatable bonds is 7. The number of amides is 2. The first-order valence-corrected chi connectivity index (χ1v) is 10.1. The maximum absolute atomic E-state index is 12.4. The summed E-state index contributed by atoms with van der Waals surface area (Å²) in [6.45, 7) is 2.01. The number of carbonyl (C=O) groups is 3. The van der Waals surface area contributed by atoms with E-state index in [0.29, 0.717) is 11.3 Å². The highest BCUT2D eigenvalue weighted by atomic mass is 32.2. The highest BCUT2D eigenvalue weighted by Crippen LogP contribution is 2.20. The molecule has 7 heteroatoms. The molecule has 0 heterocycles. The van der Waals surface area contributed by atoms with Gasteiger partial charge in [-0.05, 0) is 55.5 Å². The topological polar surface area (TPSA) is 95.5 Å². The Balaban J connectivity index is 1.56. The second-order valence-corrected chi connectivity index (χ2v) is 7.58. The molecule has 30 heavy (non-hydrogen) atoms. The average Bonchev–Trinajstić information content (AvgIpc) is 2.74. The highest BCUT2D eigenvalue weighted by Gasteiger charge is 2.13. The van der Waals surface area contributed by atoms with Gasteiger partial charge in [-0.25, -0.2) is 4.79 Å². The molecule has 3 rings (SSSR count). The van der Waals surface area contributed by atoms with Gasteiger partial charge in [-0.1, -0.05) is 29.8 Å². The fourth-order valence-corrected chi connectivity index (χ4v) is 3.36. The van der Waals surface area contributed by atoms with Crippen molar-refractivity contribution in [2.45, 2.75) is 11.8 Å². The van der Waals surface area contributed by atoms with Crippen LogP contribution in [0.2, 0.25) is 0 Å². The number of thioether (sulfide) groups is 1. The van der Waals surface area contributed by atoms with Gasteiger partial charge in [-0.15, -0.1) is 11.8 Å². The number of anilines is 2. The van der Waals surface area contributed by atoms with Gasteiger partial charge in [-0.3, -0.25) is 9.59 Å². The lowest BCUT2D eigenvalue weighted by Crippen LogP contribution is -2.16. The number of aryl methyl sites for hydroxylation is 1. The number of nitrogens with one attached hydrogen (secondary N) is 2. The van der Waals surface area contributed by atoms with Crippen molar-refractivity contribution < 1.29 is 19.5 Å². The fraction of sp³-hybridized carbons (Fsp3) is 0.0870. The first-order chi connectivity index (χ1) is 14.4. The minimum absolute atomic E-state index is 0.0146. The molecule has 2 amide bonds. The normalized spacial score (nSPS) is 10.3. The van der Waals surface area contributed by atoms with Gasteiger partial charge in [0.15, 0.2) is 0 Å². The Labute approximate surface area is 178 Å². The Morgan fingerprint density at radius 3 is 2.20 bits per heavy atom. The van der Waals surface area contributed by atoms with E-state index in [-0.39, 0.29) is 22.9 Å². The Morgan fingerprint density at radius 1 is 0.867 bits per heavy atom. The monoisotopic (exact) mass is 420 g/mol. The Hall–Kier alpha value is -3.58. The zero-order chi connectivity index (χ0) is 21.5. The van der Waals surface area contributed by atoms with Crippen LogP contribution in [-0.4, -0.2) is 28.6 Å². The molecule has 0 spiro atoms. The Morgan fingerprint density at radius 2 is 1.53 bits per heavy atom. The van der Waals surface area contributed by atoms with Gasteiger partial charge in [0.25, 0.3) is 5.91 Å². The molecule has 3 aromatic rings. The summed E-state index contributed by atoms with van der Waals surface area (Å²) < 4.78 is 0. The molecule has 0 radical (unpaired) electrons. The number of aromatic carboxylic acids is 1. The molecule has 0 saturated carbocycles. The summed E-state index contributed by atoms with van der Waals surface area (Å²) in [5.41, 5.74) is 2.33. The maximum atomic E-state index is 12.4. The van der Waals surface area contributed by atoms with E-state index in [2.05, 4.69) is 10.6 Å². The van der Waals surface area contributed by atoms with Gasteiger partial charge >= 0.3 is 5.97 Å². The van der Waals surface area contributed by atoms with Crippen LogP contribution in [-0.2, 0) is 4.79 Å². The molecule has 0 saturated heterocycles. The summed E-state index contributed by atoms with van der Waals surface area (Å²) in [5.74, 6) is -1.42. The predicted octanol–water partition coefficient (Wildman–Crippen LogP) is 4.68. The number of hydrogen-bond acceptors (Lipinski definition) is 4. The molecule has 0 aromatic heterocycles. The van der Waals surface area contributed by atoms with Crippen LogP contribution < -0.4 is 10.6 Å². The summed E-state index contributed by atoms with van der Waals surface area (Å²) >= 11 is 1.45. The smallest absolute Gasteiger partial charge is 0.337 e. The van der Waals surface area contributed by atoms with Crippen molar-refractivity contribution in [2.24, 2.45) is 0 Å². The molecule has 0 atom stereocenters. The zero-order valence-electron chi connectivity index (χ0n) is 16.2. The van der Waals surface area contributed by atoms with Crippen LogP contribution >= 0.6 is 11.8 Å². The van der Waals surface area contributed by atoms with E-state index >= 15 is 0 Å². The second kappa shape index (κ2) is 9.76. The summed E-state index contributed by atoms with van der Waals surface area (Å²) in [5, 5.41) is 14.6. The third-order valence-electron chi connectivity index (χ3n) is 4.23. The van der Waals surface area contributed by atoms with Crippen LogP contribution in [0, 0.1) is 6.92 Å². The molecule has 0 unspecified atom stereocenters. The van der Waals surface area contributed by atoms with Crippen LogP contribution in [0.4, 0.5) is 11.4 Å². The van der Waals surface area contributed by atoms with Crippen LogP contribution in [0.15, 0.2) is 77.7 Å². The molecule has 0 bridgehead atoms. The number of carboxylic acids is 1. The van der Waals surface area contributed by atoms with Gasteiger partial charge in [0.05, 0.1) is 17.0 Å². The van der Waals surface area contributed by atoms with E-state index < -0.39 is 11.9 Å². The molecular weight excluding hydrogens is 400 g/mol. The van der Waals surface area contributed by atoms with E-state index in [1.165, 1.54) is 29.5 Å². The Kier molecular flexibility index (Phi) is 6.87. The lowest BCUT2D eigenvalue weighted by atomic mass is 10.1. The largest absolute Gasteiger partial charge is 0.478 e. The maximum Gasteiger partial charge on any atom is 0.337 e. The molecule has 6 nitrogen and oxygen atoms in total. The Bertz CT molecular complexity index is 1060.